The standard InChI is InChI=1S/C21H16N2O2S2/c1-12-7-10-17-19(18(12)13-5-3-2-4-6-13)22-21(27-17)23-20(26)15-9-8-14(24)11-16(15)25/h2-11,24-25H,1H3,(H,22,23,26). The second-order valence-corrected chi connectivity index (χ2v) is 7.58. The van der Waals surface area contributed by atoms with Crippen LogP contribution in [0.15, 0.2) is 60.7 Å². The van der Waals surface area contributed by atoms with Gasteiger partial charge in [-0.3, -0.25) is 0 Å². The Hall–Kier alpha value is -2.96. The Labute approximate surface area is 165 Å². The number of rotatable bonds is 3. The maximum atomic E-state index is 10.0. The monoisotopic (exact) mass is 392 g/mol. The largest absolute Gasteiger partial charge is 0.508 e. The van der Waals surface area contributed by atoms with Gasteiger partial charge >= 0.3 is 0 Å². The first kappa shape index (κ1) is 17.5. The molecule has 0 unspecified atom stereocenters. The van der Waals surface area contributed by atoms with Crippen molar-refractivity contribution in [1.29, 1.82) is 0 Å². The quantitative estimate of drug-likeness (QED) is 0.404. The van der Waals surface area contributed by atoms with Gasteiger partial charge in [-0.15, -0.1) is 0 Å². The van der Waals surface area contributed by atoms with E-state index in [1.54, 1.807) is 6.07 Å². The molecule has 0 aliphatic carbocycles. The highest BCUT2D eigenvalue weighted by molar-refractivity contribution is 7.81. The normalized spacial score (nSPS) is 10.9. The van der Waals surface area contributed by atoms with Crippen molar-refractivity contribution in [3.05, 3.63) is 71.8 Å². The Morgan fingerprint density at radius 3 is 2.56 bits per heavy atom. The van der Waals surface area contributed by atoms with Crippen molar-refractivity contribution in [1.82, 2.24) is 4.98 Å². The minimum absolute atomic E-state index is 0.0120. The van der Waals surface area contributed by atoms with Crippen LogP contribution >= 0.6 is 23.6 Å². The summed E-state index contributed by atoms with van der Waals surface area (Å²) in [5.41, 5.74) is 4.75. The number of hydrogen-bond acceptors (Lipinski definition) is 5. The number of hydrogen-bond donors (Lipinski definition) is 3. The minimum atomic E-state index is -0.0746. The van der Waals surface area contributed by atoms with Crippen molar-refractivity contribution in [3.63, 3.8) is 0 Å². The molecule has 0 spiro atoms. The third kappa shape index (κ3) is 3.37. The molecule has 134 valence electrons. The summed E-state index contributed by atoms with van der Waals surface area (Å²) < 4.78 is 1.06. The second kappa shape index (κ2) is 6.98. The van der Waals surface area contributed by atoms with Gasteiger partial charge in [-0.2, -0.15) is 0 Å². The van der Waals surface area contributed by atoms with Crippen molar-refractivity contribution >= 4 is 43.9 Å². The van der Waals surface area contributed by atoms with Crippen LogP contribution in [0, 0.1) is 6.92 Å². The average molecular weight is 393 g/mol. The first-order chi connectivity index (χ1) is 13.0. The first-order valence-electron chi connectivity index (χ1n) is 8.32. The summed E-state index contributed by atoms with van der Waals surface area (Å²) in [5, 5.41) is 23.2. The molecule has 4 aromatic rings. The van der Waals surface area contributed by atoms with Crippen LogP contribution in [0.5, 0.6) is 11.5 Å². The first-order valence-corrected chi connectivity index (χ1v) is 9.54. The maximum Gasteiger partial charge on any atom is 0.188 e. The summed E-state index contributed by atoms with van der Waals surface area (Å²) in [5.74, 6) is -0.0866. The Morgan fingerprint density at radius 1 is 1.04 bits per heavy atom. The fourth-order valence-corrected chi connectivity index (χ4v) is 4.21. The van der Waals surface area contributed by atoms with Crippen LogP contribution in [-0.2, 0) is 0 Å². The number of aryl methyl sites for hydroxylation is 1. The van der Waals surface area contributed by atoms with E-state index in [0.29, 0.717) is 15.7 Å². The zero-order valence-electron chi connectivity index (χ0n) is 14.4. The molecule has 4 rings (SSSR count). The van der Waals surface area contributed by atoms with E-state index < -0.39 is 0 Å². The van der Waals surface area contributed by atoms with E-state index in [0.717, 1.165) is 26.9 Å². The van der Waals surface area contributed by atoms with E-state index in [1.165, 1.54) is 23.5 Å². The van der Waals surface area contributed by atoms with Gasteiger partial charge < -0.3 is 15.5 Å². The van der Waals surface area contributed by atoms with E-state index in [4.69, 9.17) is 17.2 Å². The fraction of sp³-hybridized carbons (Fsp3) is 0.0476. The van der Waals surface area contributed by atoms with Gasteiger partial charge in [-0.25, -0.2) is 4.98 Å². The van der Waals surface area contributed by atoms with Crippen molar-refractivity contribution < 1.29 is 10.2 Å². The van der Waals surface area contributed by atoms with Crippen LogP contribution in [0.4, 0.5) is 5.13 Å². The van der Waals surface area contributed by atoms with Gasteiger partial charge in [-0.1, -0.05) is 60.0 Å². The van der Waals surface area contributed by atoms with E-state index in [-0.39, 0.29) is 11.5 Å². The SMILES string of the molecule is Cc1ccc2sc(NC(=S)c3ccc(O)cc3O)nc2c1-c1ccccc1. The van der Waals surface area contributed by atoms with Gasteiger partial charge in [0, 0.05) is 11.6 Å². The van der Waals surface area contributed by atoms with Gasteiger partial charge in [0.15, 0.2) is 5.13 Å². The number of benzene rings is 3. The van der Waals surface area contributed by atoms with Gasteiger partial charge in [0.05, 0.1) is 15.8 Å². The number of thiazole rings is 1. The van der Waals surface area contributed by atoms with E-state index in [9.17, 15) is 10.2 Å². The molecular weight excluding hydrogens is 376 g/mol. The lowest BCUT2D eigenvalue weighted by molar-refractivity contribution is 0.450. The summed E-state index contributed by atoms with van der Waals surface area (Å²) in [6, 6.07) is 18.7. The average Bonchev–Trinajstić information content (AvgIpc) is 3.04. The lowest BCUT2D eigenvalue weighted by Crippen LogP contribution is -2.10. The highest BCUT2D eigenvalue weighted by Crippen LogP contribution is 2.36. The molecule has 0 fully saturated rings. The van der Waals surface area contributed by atoms with Crippen LogP contribution in [-0.4, -0.2) is 20.2 Å². The van der Waals surface area contributed by atoms with Crippen LogP contribution in [0.2, 0.25) is 0 Å². The van der Waals surface area contributed by atoms with Gasteiger partial charge in [0.1, 0.15) is 16.5 Å². The lowest BCUT2D eigenvalue weighted by atomic mass is 9.99. The lowest BCUT2D eigenvalue weighted by Gasteiger charge is -2.07. The topological polar surface area (TPSA) is 65.4 Å². The van der Waals surface area contributed by atoms with Crippen molar-refractivity contribution in [2.75, 3.05) is 5.32 Å². The summed E-state index contributed by atoms with van der Waals surface area (Å²) in [4.78, 5) is 5.10. The number of phenolic OH excluding ortho intramolecular Hbond substituents is 2. The number of phenols is 2. The molecule has 0 saturated carbocycles. The molecule has 0 bridgehead atoms. The van der Waals surface area contributed by atoms with Crippen molar-refractivity contribution in [3.8, 4) is 22.6 Å². The zero-order chi connectivity index (χ0) is 19.0. The molecule has 0 atom stereocenters. The van der Waals surface area contributed by atoms with E-state index in [2.05, 4.69) is 36.5 Å². The molecule has 3 aromatic carbocycles. The van der Waals surface area contributed by atoms with Gasteiger partial charge in [-0.05, 0) is 36.2 Å². The van der Waals surface area contributed by atoms with Gasteiger partial charge in [0.25, 0.3) is 0 Å². The smallest absolute Gasteiger partial charge is 0.188 e. The van der Waals surface area contributed by atoms with Crippen LogP contribution in [0.25, 0.3) is 21.3 Å². The summed E-state index contributed by atoms with van der Waals surface area (Å²) in [7, 11) is 0. The fourth-order valence-electron chi connectivity index (χ4n) is 2.99. The van der Waals surface area contributed by atoms with Crippen molar-refractivity contribution in [2.45, 2.75) is 6.92 Å². The Bertz CT molecular complexity index is 1150. The highest BCUT2D eigenvalue weighted by Gasteiger charge is 2.15. The molecule has 3 N–H and O–H groups in total. The number of anilines is 1. The third-order valence-electron chi connectivity index (χ3n) is 4.28. The number of fused-ring (bicyclic) bond motifs is 1. The Balaban J connectivity index is 1.73. The van der Waals surface area contributed by atoms with E-state index in [1.807, 2.05) is 18.2 Å². The molecule has 27 heavy (non-hydrogen) atoms. The molecule has 0 aliphatic rings. The molecular formula is C21H16N2O2S2. The number of thiocarbonyl (C=S) groups is 1. The van der Waals surface area contributed by atoms with Gasteiger partial charge in [0.2, 0.25) is 0 Å². The molecule has 1 heterocycles. The maximum absolute atomic E-state index is 10.0. The molecule has 1 aromatic heterocycles. The van der Waals surface area contributed by atoms with Crippen molar-refractivity contribution in [2.24, 2.45) is 0 Å². The Morgan fingerprint density at radius 2 is 1.81 bits per heavy atom. The minimum Gasteiger partial charge on any atom is -0.508 e. The highest BCUT2D eigenvalue weighted by atomic mass is 32.1. The summed E-state index contributed by atoms with van der Waals surface area (Å²) >= 11 is 6.91. The Kier molecular flexibility index (Phi) is 4.51. The van der Waals surface area contributed by atoms with Crippen LogP contribution < -0.4 is 5.32 Å². The molecule has 4 nitrogen and oxygen atoms in total. The predicted octanol–water partition coefficient (Wildman–Crippen LogP) is 5.47. The predicted molar refractivity (Wildman–Crippen MR) is 115 cm³/mol. The molecule has 0 aliphatic heterocycles. The summed E-state index contributed by atoms with van der Waals surface area (Å²) in [6.07, 6.45) is 0. The number of nitrogens with one attached hydrogen (secondary N) is 1. The zero-order valence-corrected chi connectivity index (χ0v) is 16.1. The molecule has 0 amide bonds. The molecule has 0 radical (unpaired) electrons. The summed E-state index contributed by atoms with van der Waals surface area (Å²) in [6.45, 7) is 2.08. The van der Waals surface area contributed by atoms with Crippen LogP contribution in [0.3, 0.4) is 0 Å². The number of nitrogens with zero attached hydrogens (tertiary/aromatic N) is 1. The molecule has 0 saturated heterocycles. The molecule has 6 heteroatoms. The number of aromatic hydroxyl groups is 2. The second-order valence-electron chi connectivity index (χ2n) is 6.14. The van der Waals surface area contributed by atoms with E-state index >= 15 is 0 Å². The van der Waals surface area contributed by atoms with Crippen LogP contribution in [0.1, 0.15) is 11.1 Å². The third-order valence-corrected chi connectivity index (χ3v) is 5.54. The number of aromatic nitrogens is 1.